The van der Waals surface area contributed by atoms with Crippen molar-refractivity contribution in [3.8, 4) is 0 Å². The second-order valence-corrected chi connectivity index (χ2v) is 6.44. The van der Waals surface area contributed by atoms with Crippen molar-refractivity contribution in [3.63, 3.8) is 0 Å². The second kappa shape index (κ2) is 5.71. The van der Waals surface area contributed by atoms with E-state index in [4.69, 9.17) is 0 Å². The van der Waals surface area contributed by atoms with Gasteiger partial charge in [-0.3, -0.25) is 4.90 Å². The predicted molar refractivity (Wildman–Crippen MR) is 84.7 cm³/mol. The third-order valence-corrected chi connectivity index (χ3v) is 5.17. The molecule has 1 aromatic carbocycles. The van der Waals surface area contributed by atoms with E-state index >= 15 is 0 Å². The molecular formula is C18H26N2. The minimum atomic E-state index is 0.364. The lowest BCUT2D eigenvalue weighted by molar-refractivity contribution is 0.0631. The smallest absolute Gasteiger partial charge is 0.0479 e. The van der Waals surface area contributed by atoms with Crippen LogP contribution < -0.4 is 5.32 Å². The molecule has 20 heavy (non-hydrogen) atoms. The highest BCUT2D eigenvalue weighted by Crippen LogP contribution is 2.37. The first kappa shape index (κ1) is 13.8. The van der Waals surface area contributed by atoms with Crippen LogP contribution in [0.3, 0.4) is 0 Å². The molecule has 1 N–H and O–H groups in total. The van der Waals surface area contributed by atoms with Crippen molar-refractivity contribution in [1.82, 2.24) is 10.2 Å². The maximum Gasteiger partial charge on any atom is 0.0479 e. The Morgan fingerprint density at radius 2 is 2.00 bits per heavy atom. The molecule has 2 unspecified atom stereocenters. The average Bonchev–Trinajstić information content (AvgIpc) is 2.95. The van der Waals surface area contributed by atoms with Gasteiger partial charge in [0.15, 0.2) is 0 Å². The molecule has 0 bridgehead atoms. The molecule has 1 spiro atoms. The van der Waals surface area contributed by atoms with Gasteiger partial charge in [-0.15, -0.1) is 6.58 Å². The summed E-state index contributed by atoms with van der Waals surface area (Å²) in [5.41, 5.74) is 1.78. The van der Waals surface area contributed by atoms with E-state index in [-0.39, 0.29) is 0 Å². The Labute approximate surface area is 122 Å². The highest BCUT2D eigenvalue weighted by Gasteiger charge is 2.42. The number of benzene rings is 1. The topological polar surface area (TPSA) is 15.3 Å². The summed E-state index contributed by atoms with van der Waals surface area (Å²) in [6.45, 7) is 8.50. The Hall–Kier alpha value is -1.12. The Bertz CT molecular complexity index is 448. The molecule has 108 valence electrons. The van der Waals surface area contributed by atoms with Crippen molar-refractivity contribution in [1.29, 1.82) is 0 Å². The van der Waals surface area contributed by atoms with Gasteiger partial charge in [-0.25, -0.2) is 0 Å². The van der Waals surface area contributed by atoms with E-state index < -0.39 is 0 Å². The van der Waals surface area contributed by atoms with Crippen LogP contribution in [0.25, 0.3) is 0 Å². The second-order valence-electron chi connectivity index (χ2n) is 6.44. The van der Waals surface area contributed by atoms with Crippen LogP contribution in [0.5, 0.6) is 0 Å². The number of rotatable bonds is 3. The van der Waals surface area contributed by atoms with Crippen LogP contribution in [0.1, 0.15) is 44.2 Å². The minimum absolute atomic E-state index is 0.364. The number of hydrogen-bond donors (Lipinski definition) is 1. The van der Waals surface area contributed by atoms with Crippen molar-refractivity contribution in [2.24, 2.45) is 0 Å². The zero-order valence-corrected chi connectivity index (χ0v) is 12.5. The van der Waals surface area contributed by atoms with Gasteiger partial charge in [0.1, 0.15) is 0 Å². The number of nitrogens with zero attached hydrogens (tertiary/aromatic N) is 1. The normalized spacial score (nSPS) is 27.6. The Morgan fingerprint density at radius 3 is 2.65 bits per heavy atom. The van der Waals surface area contributed by atoms with E-state index in [1.54, 1.807) is 0 Å². The van der Waals surface area contributed by atoms with Crippen LogP contribution in [0, 0.1) is 0 Å². The van der Waals surface area contributed by atoms with Crippen LogP contribution in [-0.2, 0) is 0 Å². The van der Waals surface area contributed by atoms with Gasteiger partial charge in [0.25, 0.3) is 0 Å². The summed E-state index contributed by atoms with van der Waals surface area (Å²) in [5, 5.41) is 3.88. The maximum absolute atomic E-state index is 4.02. The highest BCUT2D eigenvalue weighted by molar-refractivity contribution is 5.22. The molecule has 0 radical (unpaired) electrons. The van der Waals surface area contributed by atoms with Gasteiger partial charge in [-0.1, -0.05) is 49.2 Å². The van der Waals surface area contributed by atoms with Gasteiger partial charge in [0, 0.05) is 30.7 Å². The van der Waals surface area contributed by atoms with Gasteiger partial charge in [0.05, 0.1) is 0 Å². The van der Waals surface area contributed by atoms with Crippen LogP contribution in [-0.4, -0.2) is 29.6 Å². The number of piperazine rings is 1. The quantitative estimate of drug-likeness (QED) is 0.845. The predicted octanol–water partition coefficient (Wildman–Crippen LogP) is 3.52. The fourth-order valence-corrected chi connectivity index (χ4v) is 3.88. The third-order valence-electron chi connectivity index (χ3n) is 5.17. The average molecular weight is 270 g/mol. The third kappa shape index (κ3) is 2.55. The van der Waals surface area contributed by atoms with E-state index in [0.717, 1.165) is 13.1 Å². The maximum atomic E-state index is 4.02. The fraction of sp³-hybridized carbons (Fsp3) is 0.556. The molecule has 1 saturated carbocycles. The van der Waals surface area contributed by atoms with Crippen molar-refractivity contribution in [2.45, 2.75) is 50.2 Å². The molecule has 1 heterocycles. The van der Waals surface area contributed by atoms with Gasteiger partial charge < -0.3 is 5.32 Å². The molecule has 2 nitrogen and oxygen atoms in total. The molecule has 3 rings (SSSR count). The lowest BCUT2D eigenvalue weighted by atomic mass is 9.89. The number of nitrogens with one attached hydrogen (secondary N) is 1. The van der Waals surface area contributed by atoms with Gasteiger partial charge in [-0.2, -0.15) is 0 Å². The first-order valence-corrected chi connectivity index (χ1v) is 7.92. The van der Waals surface area contributed by atoms with E-state index in [1.165, 1.54) is 31.2 Å². The van der Waals surface area contributed by atoms with Gasteiger partial charge in [0.2, 0.25) is 0 Å². The first-order valence-electron chi connectivity index (χ1n) is 7.92. The molecule has 2 aliphatic rings. The SMILES string of the molecule is C=CC(C)N1CC2(CCCC2)NCC1c1ccccc1. The Balaban J connectivity index is 1.85. The zero-order chi connectivity index (χ0) is 14.0. The van der Waals surface area contributed by atoms with Crippen LogP contribution in [0.2, 0.25) is 0 Å². The van der Waals surface area contributed by atoms with Gasteiger partial charge >= 0.3 is 0 Å². The molecule has 1 aromatic rings. The molecule has 1 aliphatic carbocycles. The zero-order valence-electron chi connectivity index (χ0n) is 12.5. The Kier molecular flexibility index (Phi) is 3.95. The largest absolute Gasteiger partial charge is 0.308 e. The molecule has 0 aromatic heterocycles. The van der Waals surface area contributed by atoms with Crippen LogP contribution >= 0.6 is 0 Å². The van der Waals surface area contributed by atoms with E-state index in [1.807, 2.05) is 0 Å². The van der Waals surface area contributed by atoms with Crippen LogP contribution in [0.15, 0.2) is 43.0 Å². The monoisotopic (exact) mass is 270 g/mol. The first-order chi connectivity index (χ1) is 9.74. The molecular weight excluding hydrogens is 244 g/mol. The van der Waals surface area contributed by atoms with Crippen molar-refractivity contribution in [2.75, 3.05) is 13.1 Å². The van der Waals surface area contributed by atoms with Crippen molar-refractivity contribution >= 4 is 0 Å². The molecule has 2 fully saturated rings. The van der Waals surface area contributed by atoms with E-state index in [0.29, 0.717) is 17.6 Å². The summed E-state index contributed by atoms with van der Waals surface area (Å²) in [6, 6.07) is 11.8. The summed E-state index contributed by atoms with van der Waals surface area (Å²) in [5.74, 6) is 0. The van der Waals surface area contributed by atoms with Crippen molar-refractivity contribution in [3.05, 3.63) is 48.6 Å². The van der Waals surface area contributed by atoms with Crippen molar-refractivity contribution < 1.29 is 0 Å². The molecule has 2 heteroatoms. The van der Waals surface area contributed by atoms with E-state index in [2.05, 4.69) is 60.1 Å². The Morgan fingerprint density at radius 1 is 1.30 bits per heavy atom. The van der Waals surface area contributed by atoms with Crippen LogP contribution in [0.4, 0.5) is 0 Å². The highest BCUT2D eigenvalue weighted by atomic mass is 15.3. The molecule has 0 amide bonds. The molecule has 2 atom stereocenters. The summed E-state index contributed by atoms with van der Waals surface area (Å²) in [7, 11) is 0. The fourth-order valence-electron chi connectivity index (χ4n) is 3.88. The molecule has 1 aliphatic heterocycles. The summed E-state index contributed by atoms with van der Waals surface area (Å²) >= 11 is 0. The standard InChI is InChI=1S/C18H26N2/c1-3-15(2)20-14-18(11-7-8-12-18)19-13-17(20)16-9-5-4-6-10-16/h3-6,9-10,15,17,19H,1,7-8,11-14H2,2H3. The van der Waals surface area contributed by atoms with E-state index in [9.17, 15) is 0 Å². The van der Waals surface area contributed by atoms with Gasteiger partial charge in [-0.05, 0) is 25.3 Å². The summed E-state index contributed by atoms with van der Waals surface area (Å²) < 4.78 is 0. The summed E-state index contributed by atoms with van der Waals surface area (Å²) in [4.78, 5) is 2.64. The lowest BCUT2D eigenvalue weighted by Crippen LogP contribution is -2.61. The molecule has 1 saturated heterocycles. The minimum Gasteiger partial charge on any atom is -0.308 e. The summed E-state index contributed by atoms with van der Waals surface area (Å²) in [6.07, 6.45) is 7.49. The number of hydrogen-bond acceptors (Lipinski definition) is 2. The lowest BCUT2D eigenvalue weighted by Gasteiger charge is -2.48.